The lowest BCUT2D eigenvalue weighted by Crippen LogP contribution is -2.27. The molecule has 0 aliphatic rings. The van der Waals surface area contributed by atoms with Crippen molar-refractivity contribution in [1.82, 2.24) is 4.90 Å². The highest BCUT2D eigenvalue weighted by Gasteiger charge is 2.12. The number of nitrogens with zero attached hydrogens (tertiary/aromatic N) is 1. The highest BCUT2D eigenvalue weighted by Crippen LogP contribution is 2.10. The van der Waals surface area contributed by atoms with Gasteiger partial charge >= 0.3 is 0 Å². The number of rotatable bonds is 6. The van der Waals surface area contributed by atoms with E-state index >= 15 is 0 Å². The number of amides is 1. The number of allylic oxidation sites excluding steroid dienone is 2. The third-order valence-corrected chi connectivity index (χ3v) is 2.75. The van der Waals surface area contributed by atoms with E-state index in [1.54, 1.807) is 4.90 Å². The van der Waals surface area contributed by atoms with Crippen LogP contribution in [0.1, 0.15) is 40.0 Å². The predicted molar refractivity (Wildman–Crippen MR) is 65.7 cm³/mol. The van der Waals surface area contributed by atoms with E-state index in [2.05, 4.69) is 26.0 Å². The number of hydrogen-bond donors (Lipinski definition) is 0. The largest absolute Gasteiger partial charge is 0.349 e. The van der Waals surface area contributed by atoms with Crippen LogP contribution >= 0.6 is 0 Å². The fraction of sp³-hybridized carbons (Fsp3) is 0.769. The third-order valence-electron chi connectivity index (χ3n) is 2.75. The van der Waals surface area contributed by atoms with Crippen LogP contribution in [-0.4, -0.2) is 24.9 Å². The van der Waals surface area contributed by atoms with Gasteiger partial charge in [-0.2, -0.15) is 0 Å². The smallest absolute Gasteiger partial charge is 0.225 e. The Balaban J connectivity index is 3.80. The zero-order chi connectivity index (χ0) is 11.8. The van der Waals surface area contributed by atoms with E-state index in [0.717, 1.165) is 18.8 Å². The summed E-state index contributed by atoms with van der Waals surface area (Å²) in [5, 5.41) is 0. The highest BCUT2D eigenvalue weighted by atomic mass is 16.2. The molecule has 0 saturated carbocycles. The molecule has 0 heterocycles. The molecule has 2 nitrogen and oxygen atoms in total. The Morgan fingerprint density at radius 3 is 2.20 bits per heavy atom. The quantitative estimate of drug-likeness (QED) is 0.618. The lowest BCUT2D eigenvalue weighted by atomic mass is 10.0. The molecule has 0 aliphatic heterocycles. The number of carbonyl (C=O) groups excluding carboxylic acids is 1. The summed E-state index contributed by atoms with van der Waals surface area (Å²) in [4.78, 5) is 13.2. The van der Waals surface area contributed by atoms with Crippen LogP contribution in [0.2, 0.25) is 0 Å². The normalized spacial score (nSPS) is 15.3. The summed E-state index contributed by atoms with van der Waals surface area (Å²) in [6.45, 7) is 6.44. The summed E-state index contributed by atoms with van der Waals surface area (Å²) in [5.74, 6) is 1.07. The Bertz CT molecular complexity index is 209. The second-order valence-electron chi connectivity index (χ2n) is 4.59. The molecule has 0 N–H and O–H groups in total. The van der Waals surface area contributed by atoms with Gasteiger partial charge < -0.3 is 4.90 Å². The molecule has 2 heteroatoms. The average molecular weight is 211 g/mol. The Kier molecular flexibility index (Phi) is 7.10. The van der Waals surface area contributed by atoms with Gasteiger partial charge in [0.25, 0.3) is 0 Å². The third kappa shape index (κ3) is 6.32. The van der Waals surface area contributed by atoms with Gasteiger partial charge in [-0.1, -0.05) is 39.3 Å². The standard InChI is InChI=1S/C13H25NO/c1-6-11(2)9-7-8-10-12(3)13(15)14(4)5/h7-8,11-12H,6,9-10H2,1-5H3/b8-7+/t11?,12-/m1/s1. The highest BCUT2D eigenvalue weighted by molar-refractivity contribution is 5.78. The molecular formula is C13H25NO. The molecule has 2 atom stereocenters. The van der Waals surface area contributed by atoms with Crippen LogP contribution in [0.5, 0.6) is 0 Å². The van der Waals surface area contributed by atoms with Gasteiger partial charge in [-0.3, -0.25) is 4.79 Å². The summed E-state index contributed by atoms with van der Waals surface area (Å²) < 4.78 is 0. The van der Waals surface area contributed by atoms with Crippen LogP contribution in [0.3, 0.4) is 0 Å². The molecular weight excluding hydrogens is 186 g/mol. The van der Waals surface area contributed by atoms with Gasteiger partial charge in [0, 0.05) is 20.0 Å². The van der Waals surface area contributed by atoms with Crippen molar-refractivity contribution < 1.29 is 4.79 Å². The van der Waals surface area contributed by atoms with Crippen molar-refractivity contribution in [2.75, 3.05) is 14.1 Å². The lowest BCUT2D eigenvalue weighted by molar-refractivity contribution is -0.132. The van der Waals surface area contributed by atoms with Crippen molar-refractivity contribution in [3.63, 3.8) is 0 Å². The van der Waals surface area contributed by atoms with Crippen molar-refractivity contribution in [3.05, 3.63) is 12.2 Å². The molecule has 0 rings (SSSR count). The summed E-state index contributed by atoms with van der Waals surface area (Å²) in [7, 11) is 3.61. The van der Waals surface area contributed by atoms with E-state index in [9.17, 15) is 4.79 Å². The zero-order valence-electron chi connectivity index (χ0n) is 10.8. The van der Waals surface area contributed by atoms with Gasteiger partial charge in [-0.15, -0.1) is 0 Å². The van der Waals surface area contributed by atoms with E-state index in [-0.39, 0.29) is 11.8 Å². The first-order valence-electron chi connectivity index (χ1n) is 5.85. The van der Waals surface area contributed by atoms with Crippen LogP contribution in [0, 0.1) is 11.8 Å². The molecule has 0 bridgehead atoms. The van der Waals surface area contributed by atoms with Crippen LogP contribution in [0.4, 0.5) is 0 Å². The van der Waals surface area contributed by atoms with Crippen molar-refractivity contribution in [2.45, 2.75) is 40.0 Å². The fourth-order valence-electron chi connectivity index (χ4n) is 1.34. The minimum absolute atomic E-state index is 0.105. The lowest BCUT2D eigenvalue weighted by Gasteiger charge is -2.15. The van der Waals surface area contributed by atoms with Gasteiger partial charge in [-0.25, -0.2) is 0 Å². The monoisotopic (exact) mass is 211 g/mol. The van der Waals surface area contributed by atoms with E-state index in [0.29, 0.717) is 0 Å². The van der Waals surface area contributed by atoms with E-state index in [1.165, 1.54) is 6.42 Å². The van der Waals surface area contributed by atoms with Gasteiger partial charge in [-0.05, 0) is 18.8 Å². The Labute approximate surface area is 94.4 Å². The molecule has 1 amide bonds. The van der Waals surface area contributed by atoms with Crippen LogP contribution in [0.15, 0.2) is 12.2 Å². The first kappa shape index (κ1) is 14.2. The van der Waals surface area contributed by atoms with Gasteiger partial charge in [0.2, 0.25) is 5.91 Å². The average Bonchev–Trinajstić information content (AvgIpc) is 2.22. The molecule has 0 aliphatic carbocycles. The summed E-state index contributed by atoms with van der Waals surface area (Å²) >= 11 is 0. The van der Waals surface area contributed by atoms with Crippen molar-refractivity contribution >= 4 is 5.91 Å². The Morgan fingerprint density at radius 1 is 1.20 bits per heavy atom. The van der Waals surface area contributed by atoms with E-state index in [1.807, 2.05) is 21.0 Å². The first-order valence-corrected chi connectivity index (χ1v) is 5.85. The van der Waals surface area contributed by atoms with Crippen molar-refractivity contribution in [3.8, 4) is 0 Å². The molecule has 0 aromatic carbocycles. The SMILES string of the molecule is CCC(C)C/C=C/C[C@@H](C)C(=O)N(C)C. The van der Waals surface area contributed by atoms with Crippen LogP contribution in [0.25, 0.3) is 0 Å². The predicted octanol–water partition coefficient (Wildman–Crippen LogP) is 3.09. The maximum atomic E-state index is 11.5. The van der Waals surface area contributed by atoms with Crippen molar-refractivity contribution in [2.24, 2.45) is 11.8 Å². The topological polar surface area (TPSA) is 20.3 Å². The van der Waals surface area contributed by atoms with Gasteiger partial charge in [0.05, 0.1) is 0 Å². The molecule has 15 heavy (non-hydrogen) atoms. The summed E-state index contributed by atoms with van der Waals surface area (Å²) in [6, 6.07) is 0. The summed E-state index contributed by atoms with van der Waals surface area (Å²) in [6.07, 6.45) is 7.54. The first-order chi connectivity index (χ1) is 6.99. The molecule has 88 valence electrons. The number of carbonyl (C=O) groups is 1. The molecule has 0 saturated heterocycles. The Hall–Kier alpha value is -0.790. The maximum absolute atomic E-state index is 11.5. The maximum Gasteiger partial charge on any atom is 0.225 e. The van der Waals surface area contributed by atoms with Crippen molar-refractivity contribution in [1.29, 1.82) is 0 Å². The fourth-order valence-corrected chi connectivity index (χ4v) is 1.34. The van der Waals surface area contributed by atoms with E-state index in [4.69, 9.17) is 0 Å². The molecule has 0 spiro atoms. The molecule has 0 radical (unpaired) electrons. The molecule has 0 fully saturated rings. The molecule has 0 aromatic rings. The Morgan fingerprint density at radius 2 is 1.73 bits per heavy atom. The van der Waals surface area contributed by atoms with E-state index < -0.39 is 0 Å². The van der Waals surface area contributed by atoms with Crippen LogP contribution < -0.4 is 0 Å². The summed E-state index contributed by atoms with van der Waals surface area (Å²) in [5.41, 5.74) is 0. The minimum Gasteiger partial charge on any atom is -0.349 e. The zero-order valence-corrected chi connectivity index (χ0v) is 10.8. The van der Waals surface area contributed by atoms with Gasteiger partial charge in [0.15, 0.2) is 0 Å². The second-order valence-corrected chi connectivity index (χ2v) is 4.59. The van der Waals surface area contributed by atoms with Crippen LogP contribution in [-0.2, 0) is 4.79 Å². The number of hydrogen-bond acceptors (Lipinski definition) is 1. The second kappa shape index (κ2) is 7.49. The van der Waals surface area contributed by atoms with Gasteiger partial charge in [0.1, 0.15) is 0 Å². The molecule has 1 unspecified atom stereocenters. The molecule has 0 aromatic heterocycles. The minimum atomic E-state index is 0.105.